The highest BCUT2D eigenvalue weighted by Crippen LogP contribution is 2.23. The van der Waals surface area contributed by atoms with E-state index in [1.807, 2.05) is 31.2 Å². The first-order valence-electron chi connectivity index (χ1n) is 6.22. The molecule has 0 saturated carbocycles. The third-order valence-electron chi connectivity index (χ3n) is 2.89. The van der Waals surface area contributed by atoms with Crippen molar-refractivity contribution in [3.8, 4) is 0 Å². The number of anilines is 3. The summed E-state index contributed by atoms with van der Waals surface area (Å²) in [5, 5.41) is 12.0. The molecule has 0 amide bonds. The second-order valence-corrected chi connectivity index (χ2v) is 4.40. The van der Waals surface area contributed by atoms with E-state index in [9.17, 15) is 4.79 Å². The van der Waals surface area contributed by atoms with Crippen LogP contribution in [0.2, 0.25) is 0 Å². The molecule has 0 spiro atoms. The number of aryl methyl sites for hydroxylation is 2. The highest BCUT2D eigenvalue weighted by Gasteiger charge is 2.07. The molecule has 0 aliphatic heterocycles. The number of aliphatic carboxylic acids is 1. The molecule has 1 heterocycles. The molecule has 20 heavy (non-hydrogen) atoms. The van der Waals surface area contributed by atoms with Crippen LogP contribution in [0.3, 0.4) is 0 Å². The van der Waals surface area contributed by atoms with Gasteiger partial charge in [0.15, 0.2) is 0 Å². The highest BCUT2D eigenvalue weighted by molar-refractivity contribution is 5.69. The standard InChI is InChI=1S/C14H16N4O2/c1-9-12(8-16-14(15)17-9)18-11-5-3-2-4-10(11)6-7-13(19)20/h2-5,8,18H,6-7H2,1H3,(H,19,20)(H2,15,16,17). The summed E-state index contributed by atoms with van der Waals surface area (Å²) in [6.45, 7) is 1.83. The molecule has 4 N–H and O–H groups in total. The van der Waals surface area contributed by atoms with E-state index in [1.165, 1.54) is 0 Å². The molecular weight excluding hydrogens is 256 g/mol. The topological polar surface area (TPSA) is 101 Å². The number of nitrogen functional groups attached to an aromatic ring is 1. The summed E-state index contributed by atoms with van der Waals surface area (Å²) in [4.78, 5) is 18.7. The van der Waals surface area contributed by atoms with E-state index in [1.54, 1.807) is 6.20 Å². The summed E-state index contributed by atoms with van der Waals surface area (Å²) >= 11 is 0. The Morgan fingerprint density at radius 2 is 2.10 bits per heavy atom. The maximum absolute atomic E-state index is 10.7. The zero-order valence-corrected chi connectivity index (χ0v) is 11.1. The van der Waals surface area contributed by atoms with Crippen molar-refractivity contribution in [3.63, 3.8) is 0 Å². The third-order valence-corrected chi connectivity index (χ3v) is 2.89. The van der Waals surface area contributed by atoms with Crippen molar-refractivity contribution >= 4 is 23.3 Å². The number of carboxylic acid groups (broad SMARTS) is 1. The summed E-state index contributed by atoms with van der Waals surface area (Å²) in [6, 6.07) is 7.57. The van der Waals surface area contributed by atoms with Gasteiger partial charge in [-0.3, -0.25) is 4.79 Å². The van der Waals surface area contributed by atoms with Crippen molar-refractivity contribution in [1.82, 2.24) is 9.97 Å². The van der Waals surface area contributed by atoms with Crippen molar-refractivity contribution in [1.29, 1.82) is 0 Å². The van der Waals surface area contributed by atoms with Gasteiger partial charge < -0.3 is 16.2 Å². The van der Waals surface area contributed by atoms with Crippen LogP contribution in [0.4, 0.5) is 17.3 Å². The van der Waals surface area contributed by atoms with Crippen LogP contribution in [-0.4, -0.2) is 21.0 Å². The number of carbonyl (C=O) groups is 1. The molecule has 0 aliphatic rings. The van der Waals surface area contributed by atoms with Gasteiger partial charge in [0.1, 0.15) is 0 Å². The lowest BCUT2D eigenvalue weighted by atomic mass is 10.1. The van der Waals surface area contributed by atoms with Gasteiger partial charge in [-0.25, -0.2) is 9.97 Å². The number of hydrogen-bond acceptors (Lipinski definition) is 5. The fourth-order valence-corrected chi connectivity index (χ4v) is 1.85. The lowest BCUT2D eigenvalue weighted by Gasteiger charge is -2.12. The lowest BCUT2D eigenvalue weighted by molar-refractivity contribution is -0.136. The van der Waals surface area contributed by atoms with Gasteiger partial charge in [0.05, 0.1) is 17.6 Å². The first-order chi connectivity index (χ1) is 9.56. The molecule has 1 aromatic carbocycles. The zero-order valence-electron chi connectivity index (χ0n) is 11.1. The Labute approximate surface area is 116 Å². The lowest BCUT2D eigenvalue weighted by Crippen LogP contribution is -2.04. The van der Waals surface area contributed by atoms with Crippen LogP contribution in [0, 0.1) is 6.92 Å². The van der Waals surface area contributed by atoms with E-state index in [0.29, 0.717) is 6.42 Å². The summed E-state index contributed by atoms with van der Waals surface area (Å²) in [5.74, 6) is -0.584. The minimum atomic E-state index is -0.813. The van der Waals surface area contributed by atoms with Gasteiger partial charge in [0.25, 0.3) is 0 Å². The Hall–Kier alpha value is -2.63. The van der Waals surface area contributed by atoms with E-state index in [4.69, 9.17) is 10.8 Å². The maximum Gasteiger partial charge on any atom is 0.303 e. The van der Waals surface area contributed by atoms with E-state index >= 15 is 0 Å². The Bertz CT molecular complexity index is 628. The van der Waals surface area contributed by atoms with Crippen LogP contribution in [0.25, 0.3) is 0 Å². The summed E-state index contributed by atoms with van der Waals surface area (Å²) in [5.41, 5.74) is 8.80. The number of hydrogen-bond donors (Lipinski definition) is 3. The van der Waals surface area contributed by atoms with Gasteiger partial charge in [-0.05, 0) is 25.0 Å². The molecule has 104 valence electrons. The number of nitrogens with two attached hydrogens (primary N) is 1. The van der Waals surface area contributed by atoms with Crippen LogP contribution in [-0.2, 0) is 11.2 Å². The van der Waals surface area contributed by atoms with Crippen LogP contribution in [0.1, 0.15) is 17.7 Å². The summed E-state index contributed by atoms with van der Waals surface area (Å²) in [7, 11) is 0. The fraction of sp³-hybridized carbons (Fsp3) is 0.214. The Kier molecular flexibility index (Phi) is 4.14. The fourth-order valence-electron chi connectivity index (χ4n) is 1.85. The third kappa shape index (κ3) is 3.44. The molecule has 0 saturated heterocycles. The van der Waals surface area contributed by atoms with Crippen molar-refractivity contribution in [2.75, 3.05) is 11.1 Å². The molecular formula is C14H16N4O2. The van der Waals surface area contributed by atoms with Gasteiger partial charge in [0.2, 0.25) is 5.95 Å². The maximum atomic E-state index is 10.7. The van der Waals surface area contributed by atoms with Crippen LogP contribution in [0.15, 0.2) is 30.5 Å². The number of rotatable bonds is 5. The average Bonchev–Trinajstić information content (AvgIpc) is 2.41. The molecule has 0 unspecified atom stereocenters. The van der Waals surface area contributed by atoms with E-state index in [-0.39, 0.29) is 12.4 Å². The normalized spacial score (nSPS) is 10.2. The van der Waals surface area contributed by atoms with Crippen molar-refractivity contribution in [3.05, 3.63) is 41.7 Å². The predicted octanol–water partition coefficient (Wildman–Crippen LogP) is 2.13. The second kappa shape index (κ2) is 6.01. The number of nitrogens with one attached hydrogen (secondary N) is 1. The number of carboxylic acids is 1. The highest BCUT2D eigenvalue weighted by atomic mass is 16.4. The van der Waals surface area contributed by atoms with Crippen molar-refractivity contribution in [2.24, 2.45) is 0 Å². The molecule has 0 aliphatic carbocycles. The monoisotopic (exact) mass is 272 g/mol. The van der Waals surface area contributed by atoms with Crippen LogP contribution < -0.4 is 11.1 Å². The second-order valence-electron chi connectivity index (χ2n) is 4.40. The Morgan fingerprint density at radius 1 is 1.35 bits per heavy atom. The SMILES string of the molecule is Cc1nc(N)ncc1Nc1ccccc1CCC(=O)O. The quantitative estimate of drug-likeness (QED) is 0.770. The first-order valence-corrected chi connectivity index (χ1v) is 6.22. The van der Waals surface area contributed by atoms with Crippen molar-refractivity contribution in [2.45, 2.75) is 19.8 Å². The summed E-state index contributed by atoms with van der Waals surface area (Å²) < 4.78 is 0. The largest absolute Gasteiger partial charge is 0.481 e. The van der Waals surface area contributed by atoms with Gasteiger partial charge in [-0.2, -0.15) is 0 Å². The number of para-hydroxylation sites is 1. The molecule has 1 aromatic heterocycles. The number of aromatic nitrogens is 2. The molecule has 0 fully saturated rings. The first kappa shape index (κ1) is 13.8. The minimum absolute atomic E-state index is 0.0932. The summed E-state index contributed by atoms with van der Waals surface area (Å²) in [6.07, 6.45) is 2.18. The predicted molar refractivity (Wildman–Crippen MR) is 76.9 cm³/mol. The van der Waals surface area contributed by atoms with Gasteiger partial charge >= 0.3 is 5.97 Å². The average molecular weight is 272 g/mol. The van der Waals surface area contributed by atoms with Crippen LogP contribution in [0.5, 0.6) is 0 Å². The van der Waals surface area contributed by atoms with E-state index in [0.717, 1.165) is 22.6 Å². The minimum Gasteiger partial charge on any atom is -0.481 e. The molecule has 6 nitrogen and oxygen atoms in total. The zero-order chi connectivity index (χ0) is 14.5. The molecule has 0 radical (unpaired) electrons. The van der Waals surface area contributed by atoms with E-state index in [2.05, 4.69) is 15.3 Å². The smallest absolute Gasteiger partial charge is 0.303 e. The molecule has 6 heteroatoms. The molecule has 0 bridgehead atoms. The molecule has 2 aromatic rings. The Morgan fingerprint density at radius 3 is 2.80 bits per heavy atom. The van der Waals surface area contributed by atoms with Gasteiger partial charge in [0, 0.05) is 12.1 Å². The van der Waals surface area contributed by atoms with Gasteiger partial charge in [-0.1, -0.05) is 18.2 Å². The number of benzene rings is 1. The van der Waals surface area contributed by atoms with Crippen LogP contribution >= 0.6 is 0 Å². The molecule has 2 rings (SSSR count). The van der Waals surface area contributed by atoms with Gasteiger partial charge in [-0.15, -0.1) is 0 Å². The van der Waals surface area contributed by atoms with Crippen molar-refractivity contribution < 1.29 is 9.90 Å². The molecule has 0 atom stereocenters. The number of nitrogens with zero attached hydrogens (tertiary/aromatic N) is 2. The van der Waals surface area contributed by atoms with E-state index < -0.39 is 5.97 Å². The Balaban J connectivity index is 2.22.